The van der Waals surface area contributed by atoms with E-state index in [1.165, 1.54) is 0 Å². The molecule has 0 saturated carbocycles. The van der Waals surface area contributed by atoms with Crippen LogP contribution in [0.4, 0.5) is 0 Å². The lowest BCUT2D eigenvalue weighted by Gasteiger charge is -2.07. The molecule has 2 rings (SSSR count). The molecule has 0 aliphatic carbocycles. The molecule has 0 bridgehead atoms. The van der Waals surface area contributed by atoms with Crippen molar-refractivity contribution in [2.45, 2.75) is 4.90 Å². The van der Waals surface area contributed by atoms with Crippen molar-refractivity contribution in [3.63, 3.8) is 0 Å². The zero-order chi connectivity index (χ0) is 12.8. The molecule has 0 aromatic heterocycles. The third kappa shape index (κ3) is 2.90. The Bertz CT molecular complexity index is 546. The van der Waals surface area contributed by atoms with E-state index in [9.17, 15) is 4.79 Å². The lowest BCUT2D eigenvalue weighted by molar-refractivity contribution is 0.103. The molecule has 0 amide bonds. The van der Waals surface area contributed by atoms with Gasteiger partial charge in [-0.1, -0.05) is 48.5 Å². The summed E-state index contributed by atoms with van der Waals surface area (Å²) >= 11 is 1.63. The minimum absolute atomic E-state index is 0.0720. The quantitative estimate of drug-likeness (QED) is 0.452. The van der Waals surface area contributed by atoms with Crippen molar-refractivity contribution in [3.8, 4) is 0 Å². The predicted molar refractivity (Wildman–Crippen MR) is 77.2 cm³/mol. The van der Waals surface area contributed by atoms with Crippen LogP contribution >= 0.6 is 11.8 Å². The third-order valence-electron chi connectivity index (χ3n) is 2.52. The molecule has 18 heavy (non-hydrogen) atoms. The maximum absolute atomic E-state index is 12.4. The Morgan fingerprint density at radius 2 is 1.72 bits per heavy atom. The summed E-state index contributed by atoms with van der Waals surface area (Å²) in [5, 5.41) is 0. The SMILES string of the molecule is C=CCSc1ccccc1C(=O)c1ccccc1. The van der Waals surface area contributed by atoms with Crippen LogP contribution in [0.3, 0.4) is 0 Å². The third-order valence-corrected chi connectivity index (χ3v) is 3.59. The van der Waals surface area contributed by atoms with Gasteiger partial charge in [-0.3, -0.25) is 4.79 Å². The Morgan fingerprint density at radius 1 is 1.06 bits per heavy atom. The zero-order valence-electron chi connectivity index (χ0n) is 10.0. The highest BCUT2D eigenvalue weighted by Crippen LogP contribution is 2.24. The van der Waals surface area contributed by atoms with Crippen molar-refractivity contribution in [1.82, 2.24) is 0 Å². The van der Waals surface area contributed by atoms with Crippen LogP contribution < -0.4 is 0 Å². The van der Waals surface area contributed by atoms with Gasteiger partial charge in [0.15, 0.2) is 5.78 Å². The molecule has 1 nitrogen and oxygen atoms in total. The van der Waals surface area contributed by atoms with Crippen LogP contribution in [-0.2, 0) is 0 Å². The van der Waals surface area contributed by atoms with Gasteiger partial charge in [-0.05, 0) is 12.1 Å². The van der Waals surface area contributed by atoms with Gasteiger partial charge in [-0.15, -0.1) is 18.3 Å². The first-order valence-electron chi connectivity index (χ1n) is 5.75. The molecule has 0 unspecified atom stereocenters. The first-order chi connectivity index (χ1) is 8.83. The summed E-state index contributed by atoms with van der Waals surface area (Å²) in [4.78, 5) is 13.4. The topological polar surface area (TPSA) is 17.1 Å². The molecule has 0 fully saturated rings. The molecule has 0 saturated heterocycles. The summed E-state index contributed by atoms with van der Waals surface area (Å²) in [6.45, 7) is 3.70. The number of hydrogen-bond donors (Lipinski definition) is 0. The van der Waals surface area contributed by atoms with Crippen LogP contribution in [0.5, 0.6) is 0 Å². The summed E-state index contributed by atoms with van der Waals surface area (Å²) in [5.74, 6) is 0.877. The van der Waals surface area contributed by atoms with Crippen LogP contribution in [0.25, 0.3) is 0 Å². The van der Waals surface area contributed by atoms with Crippen molar-refractivity contribution in [2.75, 3.05) is 5.75 Å². The molecule has 90 valence electrons. The first kappa shape index (κ1) is 12.7. The Kier molecular flexibility index (Phi) is 4.37. The van der Waals surface area contributed by atoms with Crippen LogP contribution in [0, 0.1) is 0 Å². The fraction of sp³-hybridized carbons (Fsp3) is 0.0625. The Labute approximate surface area is 112 Å². The zero-order valence-corrected chi connectivity index (χ0v) is 10.8. The highest BCUT2D eigenvalue weighted by atomic mass is 32.2. The summed E-state index contributed by atoms with van der Waals surface area (Å²) < 4.78 is 0. The summed E-state index contributed by atoms with van der Waals surface area (Å²) in [6.07, 6.45) is 1.84. The fourth-order valence-electron chi connectivity index (χ4n) is 1.67. The minimum atomic E-state index is 0.0720. The molecule has 0 aliphatic rings. The molecule has 2 aromatic carbocycles. The number of ketones is 1. The van der Waals surface area contributed by atoms with Crippen molar-refractivity contribution in [3.05, 3.63) is 78.4 Å². The predicted octanol–water partition coefficient (Wildman–Crippen LogP) is 4.20. The van der Waals surface area contributed by atoms with Gasteiger partial charge in [0, 0.05) is 21.8 Å². The second-order valence-corrected chi connectivity index (χ2v) is 4.85. The van der Waals surface area contributed by atoms with Gasteiger partial charge < -0.3 is 0 Å². The van der Waals surface area contributed by atoms with Gasteiger partial charge in [0.05, 0.1) is 0 Å². The molecule has 2 heteroatoms. The average molecular weight is 254 g/mol. The second kappa shape index (κ2) is 6.22. The maximum Gasteiger partial charge on any atom is 0.194 e. The Hall–Kier alpha value is -1.80. The molecule has 0 aliphatic heterocycles. The highest BCUT2D eigenvalue weighted by Gasteiger charge is 2.12. The average Bonchev–Trinajstić information content (AvgIpc) is 2.45. The van der Waals surface area contributed by atoms with Gasteiger partial charge in [-0.25, -0.2) is 0 Å². The number of hydrogen-bond acceptors (Lipinski definition) is 2. The number of carbonyl (C=O) groups excluding carboxylic acids is 1. The normalized spacial score (nSPS) is 10.0. The standard InChI is InChI=1S/C16H14OS/c1-2-12-18-15-11-7-6-10-14(15)16(17)13-8-4-3-5-9-13/h2-11H,1,12H2. The van der Waals surface area contributed by atoms with Crippen molar-refractivity contribution < 1.29 is 4.79 Å². The van der Waals surface area contributed by atoms with Gasteiger partial charge in [0.1, 0.15) is 0 Å². The molecule has 2 aromatic rings. The van der Waals surface area contributed by atoms with E-state index in [-0.39, 0.29) is 5.78 Å². The summed E-state index contributed by atoms with van der Waals surface area (Å²) in [7, 11) is 0. The molecular formula is C16H14OS. The van der Waals surface area contributed by atoms with Crippen molar-refractivity contribution in [2.24, 2.45) is 0 Å². The highest BCUT2D eigenvalue weighted by molar-refractivity contribution is 7.99. The number of carbonyl (C=O) groups is 1. The van der Waals surface area contributed by atoms with E-state index in [1.807, 2.05) is 60.7 Å². The number of benzene rings is 2. The van der Waals surface area contributed by atoms with Crippen LogP contribution in [0.1, 0.15) is 15.9 Å². The van der Waals surface area contributed by atoms with Gasteiger partial charge in [-0.2, -0.15) is 0 Å². The summed E-state index contributed by atoms with van der Waals surface area (Å²) in [5.41, 5.74) is 1.49. The van der Waals surface area contributed by atoms with Crippen molar-refractivity contribution >= 4 is 17.5 Å². The lowest BCUT2D eigenvalue weighted by atomic mass is 10.0. The van der Waals surface area contributed by atoms with E-state index in [4.69, 9.17) is 0 Å². The second-order valence-electron chi connectivity index (χ2n) is 3.79. The Morgan fingerprint density at radius 3 is 2.44 bits per heavy atom. The van der Waals surface area contributed by atoms with E-state index in [2.05, 4.69) is 6.58 Å². The van der Waals surface area contributed by atoms with E-state index in [0.717, 1.165) is 21.8 Å². The fourth-order valence-corrected chi connectivity index (χ4v) is 2.46. The molecule has 0 heterocycles. The van der Waals surface area contributed by atoms with E-state index >= 15 is 0 Å². The van der Waals surface area contributed by atoms with Crippen LogP contribution in [0.15, 0.2) is 72.1 Å². The van der Waals surface area contributed by atoms with E-state index in [1.54, 1.807) is 11.8 Å². The van der Waals surface area contributed by atoms with E-state index in [0.29, 0.717) is 0 Å². The molecule has 0 radical (unpaired) electrons. The first-order valence-corrected chi connectivity index (χ1v) is 6.74. The maximum atomic E-state index is 12.4. The van der Waals surface area contributed by atoms with Crippen LogP contribution in [-0.4, -0.2) is 11.5 Å². The summed E-state index contributed by atoms with van der Waals surface area (Å²) in [6, 6.07) is 17.1. The smallest absolute Gasteiger partial charge is 0.194 e. The molecule has 0 atom stereocenters. The van der Waals surface area contributed by atoms with Crippen LogP contribution in [0.2, 0.25) is 0 Å². The number of rotatable bonds is 5. The largest absolute Gasteiger partial charge is 0.289 e. The lowest BCUT2D eigenvalue weighted by Crippen LogP contribution is -2.02. The minimum Gasteiger partial charge on any atom is -0.289 e. The van der Waals surface area contributed by atoms with Gasteiger partial charge >= 0.3 is 0 Å². The van der Waals surface area contributed by atoms with E-state index < -0.39 is 0 Å². The molecule has 0 spiro atoms. The Balaban J connectivity index is 2.33. The monoisotopic (exact) mass is 254 g/mol. The van der Waals surface area contributed by atoms with Crippen molar-refractivity contribution in [1.29, 1.82) is 0 Å². The molecular weight excluding hydrogens is 240 g/mol. The van der Waals surface area contributed by atoms with Gasteiger partial charge in [0.2, 0.25) is 0 Å². The number of thioether (sulfide) groups is 1. The van der Waals surface area contributed by atoms with Gasteiger partial charge in [0.25, 0.3) is 0 Å². The molecule has 0 N–H and O–H groups in total.